The van der Waals surface area contributed by atoms with Gasteiger partial charge in [0.1, 0.15) is 5.82 Å². The largest absolute Gasteiger partial charge is 1.00 e. The normalized spacial score (nSPS) is 12.8. The molecular weight excluding hydrogens is 460 g/mol. The number of anilines is 1. The summed E-state index contributed by atoms with van der Waals surface area (Å²) < 4.78 is 38.6. The van der Waals surface area contributed by atoms with E-state index in [9.17, 15) is 22.7 Å². The number of aromatic nitrogens is 2. The molecule has 0 radical (unpaired) electrons. The molecule has 0 bridgehead atoms. The molecule has 172 valence electrons. The average Bonchev–Trinajstić information content (AvgIpc) is 2.70. The van der Waals surface area contributed by atoms with Crippen molar-refractivity contribution in [2.75, 3.05) is 17.6 Å². The maximum Gasteiger partial charge on any atom is 1.00 e. The van der Waals surface area contributed by atoms with Gasteiger partial charge in [0.2, 0.25) is 16.0 Å². The van der Waals surface area contributed by atoms with E-state index in [0.717, 1.165) is 16.6 Å². The van der Waals surface area contributed by atoms with Gasteiger partial charge in [-0.3, -0.25) is 0 Å². The molecule has 0 fully saturated rings. The molecule has 1 atom stereocenters. The van der Waals surface area contributed by atoms with Crippen molar-refractivity contribution in [1.29, 1.82) is 0 Å². The molecule has 8 nitrogen and oxygen atoms in total. The predicted octanol–water partition coefficient (Wildman–Crippen LogP) is 0.211. The fourth-order valence-electron chi connectivity index (χ4n) is 2.79. The quantitative estimate of drug-likeness (QED) is 0.384. The Bertz CT molecular complexity index is 1140. The number of benzene rings is 1. The van der Waals surface area contributed by atoms with Crippen molar-refractivity contribution in [1.82, 2.24) is 9.97 Å². The maximum atomic E-state index is 13.5. The molecule has 0 saturated carbocycles. The van der Waals surface area contributed by atoms with Crippen molar-refractivity contribution < 1.29 is 57.4 Å². The average molecular weight is 487 g/mol. The van der Waals surface area contributed by atoms with Gasteiger partial charge in [-0.1, -0.05) is 32.1 Å². The monoisotopic (exact) mass is 486 g/mol. The molecule has 1 aromatic heterocycles. The first-order valence-corrected chi connectivity index (χ1v) is 11.6. The summed E-state index contributed by atoms with van der Waals surface area (Å²) in [6.07, 6.45) is 5.52. The van der Waals surface area contributed by atoms with Crippen molar-refractivity contribution in [2.45, 2.75) is 32.3 Å². The molecule has 0 spiro atoms. The summed E-state index contributed by atoms with van der Waals surface area (Å²) in [5.41, 5.74) is 1.99. The van der Waals surface area contributed by atoms with Crippen molar-refractivity contribution in [3.8, 4) is 11.3 Å². The smallest absolute Gasteiger partial charge is 0.478 e. The van der Waals surface area contributed by atoms with Crippen molar-refractivity contribution in [3.05, 3.63) is 59.6 Å². The molecule has 2 N–H and O–H groups in total. The summed E-state index contributed by atoms with van der Waals surface area (Å²) in [6.45, 7) is 3.76. The predicted molar refractivity (Wildman–Crippen MR) is 121 cm³/mol. The minimum absolute atomic E-state index is 0. The van der Waals surface area contributed by atoms with Gasteiger partial charge in [0.25, 0.3) is 0 Å². The van der Waals surface area contributed by atoms with E-state index >= 15 is 0 Å². The van der Waals surface area contributed by atoms with Crippen LogP contribution in [0, 0.1) is 5.82 Å². The number of nitrogens with zero attached hydrogens (tertiary/aromatic N) is 3. The second kappa shape index (κ2) is 12.4. The maximum absolute atomic E-state index is 13.5. The molecule has 33 heavy (non-hydrogen) atoms. The van der Waals surface area contributed by atoms with Crippen molar-refractivity contribution in [2.24, 2.45) is 0 Å². The minimum atomic E-state index is -3.63. The molecule has 1 unspecified atom stereocenters. The molecule has 0 amide bonds. The van der Waals surface area contributed by atoms with Crippen LogP contribution in [0.25, 0.3) is 17.3 Å². The van der Waals surface area contributed by atoms with Crippen LogP contribution in [0.2, 0.25) is 0 Å². The number of sulfonamides is 1. The molecule has 1 heterocycles. The fraction of sp³-hybridized carbons (Fsp3) is 0.318. The Balaban J connectivity index is 0.00000544. The number of carboxylic acid groups (broad SMARTS) is 1. The number of halogens is 1. The van der Waals surface area contributed by atoms with E-state index < -0.39 is 27.9 Å². The Labute approximate surface area is 215 Å². The minimum Gasteiger partial charge on any atom is -0.478 e. The number of aliphatic hydroxyl groups excluding tert-OH is 1. The SMILES string of the molecule is CC(C)c1nc(N(C)S(C)(=O)=O)nc(-c2ccc(F)cc2)c1/C=C/C(O)C/C=C/C(=O)O.[Na+]. The molecule has 0 aliphatic carbocycles. The fourth-order valence-corrected chi connectivity index (χ4v) is 3.17. The first kappa shape index (κ1) is 28.9. The van der Waals surface area contributed by atoms with E-state index in [4.69, 9.17) is 5.11 Å². The Morgan fingerprint density at radius 2 is 1.82 bits per heavy atom. The topological polar surface area (TPSA) is 121 Å². The third-order valence-electron chi connectivity index (χ3n) is 4.53. The van der Waals surface area contributed by atoms with Gasteiger partial charge < -0.3 is 10.2 Å². The van der Waals surface area contributed by atoms with E-state index in [0.29, 0.717) is 22.5 Å². The van der Waals surface area contributed by atoms with Gasteiger partial charge in [-0.05, 0) is 36.6 Å². The van der Waals surface area contributed by atoms with Gasteiger partial charge in [0.05, 0.1) is 23.7 Å². The molecule has 11 heteroatoms. The molecule has 0 saturated heterocycles. The molecule has 2 rings (SSSR count). The van der Waals surface area contributed by atoms with Crippen LogP contribution in [-0.2, 0) is 14.8 Å². The van der Waals surface area contributed by atoms with Gasteiger partial charge in [-0.15, -0.1) is 0 Å². The van der Waals surface area contributed by atoms with Gasteiger partial charge >= 0.3 is 35.5 Å². The first-order chi connectivity index (χ1) is 14.9. The Morgan fingerprint density at radius 1 is 1.21 bits per heavy atom. The van der Waals surface area contributed by atoms with Crippen molar-refractivity contribution in [3.63, 3.8) is 0 Å². The summed E-state index contributed by atoms with van der Waals surface area (Å²) in [4.78, 5) is 19.5. The summed E-state index contributed by atoms with van der Waals surface area (Å²) in [5.74, 6) is -1.70. The zero-order valence-electron chi connectivity index (χ0n) is 19.2. The third kappa shape index (κ3) is 8.31. The standard InChI is InChI=1S/C22H26FN3O5S.Na/c1-14(2)20-18(13-12-17(27)6-5-7-19(28)29)21(15-8-10-16(23)11-9-15)25-22(24-20)26(3)32(4,30)31;/h5,7-14,17,27H,6H2,1-4H3,(H,28,29);/q;+1/b7-5+,13-12+;. The molecule has 0 aliphatic rings. The molecular formula is C22H26FN3NaO5S+. The van der Waals surface area contributed by atoms with Crippen LogP contribution in [0.5, 0.6) is 0 Å². The zero-order valence-corrected chi connectivity index (χ0v) is 22.0. The number of aliphatic carboxylic acids is 1. The van der Waals surface area contributed by atoms with Gasteiger partial charge in [-0.25, -0.2) is 31.9 Å². The summed E-state index contributed by atoms with van der Waals surface area (Å²) in [7, 11) is -2.28. The van der Waals surface area contributed by atoms with Gasteiger partial charge in [-0.2, -0.15) is 0 Å². The summed E-state index contributed by atoms with van der Waals surface area (Å²) in [5, 5.41) is 18.9. The third-order valence-corrected chi connectivity index (χ3v) is 5.69. The van der Waals surface area contributed by atoms with Crippen LogP contribution in [0.4, 0.5) is 10.3 Å². The van der Waals surface area contributed by atoms with E-state index in [1.54, 1.807) is 6.08 Å². The zero-order chi connectivity index (χ0) is 24.1. The van der Waals surface area contributed by atoms with E-state index in [2.05, 4.69) is 9.97 Å². The second-order valence-electron chi connectivity index (χ2n) is 7.47. The number of hydrogen-bond acceptors (Lipinski definition) is 6. The van der Waals surface area contributed by atoms with Crippen molar-refractivity contribution >= 4 is 28.0 Å². The Hall–Kier alpha value is -2.11. The summed E-state index contributed by atoms with van der Waals surface area (Å²) in [6, 6.07) is 5.59. The van der Waals surface area contributed by atoms with E-state index in [-0.39, 0.29) is 47.8 Å². The molecule has 2 aromatic rings. The summed E-state index contributed by atoms with van der Waals surface area (Å²) >= 11 is 0. The molecule has 1 aromatic carbocycles. The van der Waals surface area contributed by atoms with Gasteiger partial charge in [0.15, 0.2) is 0 Å². The van der Waals surface area contributed by atoms with Gasteiger partial charge in [0, 0.05) is 24.3 Å². The van der Waals surface area contributed by atoms with Crippen LogP contribution < -0.4 is 33.9 Å². The number of aliphatic hydroxyl groups is 1. The number of hydrogen-bond donors (Lipinski definition) is 2. The van der Waals surface area contributed by atoms with Crippen LogP contribution in [0.1, 0.15) is 37.4 Å². The first-order valence-electron chi connectivity index (χ1n) is 9.77. The number of carbonyl (C=O) groups is 1. The van der Waals surface area contributed by atoms with Crippen LogP contribution >= 0.6 is 0 Å². The Kier molecular flexibility index (Phi) is 10.9. The molecule has 0 aliphatic heterocycles. The van der Waals surface area contributed by atoms with Crippen LogP contribution in [0.15, 0.2) is 42.5 Å². The number of carboxylic acids is 1. The number of rotatable bonds is 9. The second-order valence-corrected chi connectivity index (χ2v) is 9.48. The van der Waals surface area contributed by atoms with E-state index in [1.165, 1.54) is 43.5 Å². The Morgan fingerprint density at radius 3 is 2.33 bits per heavy atom. The van der Waals surface area contributed by atoms with Crippen LogP contribution in [0.3, 0.4) is 0 Å². The van der Waals surface area contributed by atoms with E-state index in [1.807, 2.05) is 13.8 Å². The van der Waals surface area contributed by atoms with Crippen LogP contribution in [-0.4, -0.2) is 54.0 Å².